The van der Waals surface area contributed by atoms with Crippen molar-refractivity contribution in [2.45, 2.75) is 25.8 Å². The van der Waals surface area contributed by atoms with Crippen LogP contribution in [0.15, 0.2) is 0 Å². The average Bonchev–Trinajstić information content (AvgIpc) is 2.58. The van der Waals surface area contributed by atoms with Crippen LogP contribution in [0.25, 0.3) is 0 Å². The van der Waals surface area contributed by atoms with E-state index >= 15 is 0 Å². The summed E-state index contributed by atoms with van der Waals surface area (Å²) in [7, 11) is 0. The van der Waals surface area contributed by atoms with Gasteiger partial charge < -0.3 is 15.5 Å². The Morgan fingerprint density at radius 2 is 2.41 bits per heavy atom. The van der Waals surface area contributed by atoms with E-state index < -0.39 is 17.0 Å². The first-order valence-corrected chi connectivity index (χ1v) is 5.31. The Labute approximate surface area is 97.8 Å². The Balaban J connectivity index is 2.57. The summed E-state index contributed by atoms with van der Waals surface area (Å²) in [6.45, 7) is 1.89. The highest BCUT2D eigenvalue weighted by Gasteiger charge is 2.36. The number of nitrogens with zero attached hydrogens (tertiary/aromatic N) is 2. The molecule has 0 bridgehead atoms. The summed E-state index contributed by atoms with van der Waals surface area (Å²) >= 11 is 0. The molecule has 8 nitrogen and oxygen atoms in total. The Bertz CT molecular complexity index is 333. The number of amides is 2. The minimum atomic E-state index is -0.890. The fourth-order valence-corrected chi connectivity index (χ4v) is 1.96. The summed E-state index contributed by atoms with van der Waals surface area (Å²) < 4.78 is 0. The van der Waals surface area contributed by atoms with E-state index in [0.29, 0.717) is 6.42 Å². The number of likely N-dealkylation sites (tertiary alicyclic amines) is 1. The van der Waals surface area contributed by atoms with Gasteiger partial charge in [-0.2, -0.15) is 0 Å². The maximum atomic E-state index is 11.6. The van der Waals surface area contributed by atoms with Crippen LogP contribution >= 0.6 is 0 Å². The van der Waals surface area contributed by atoms with Gasteiger partial charge in [0, 0.05) is 18.9 Å². The van der Waals surface area contributed by atoms with E-state index in [4.69, 9.17) is 5.73 Å². The standard InChI is InChI=1S/C9H15N3O5/c1-2-7(9(10)14)11-4-6(3-8(11)13)5-17-12(15)16/h6-7H,2-5H2,1H3,(H2,10,14)/t6-,7+/m1/s1. The molecule has 2 N–H and O–H groups in total. The second-order valence-corrected chi connectivity index (χ2v) is 3.96. The largest absolute Gasteiger partial charge is 0.368 e. The number of hydrogen-bond acceptors (Lipinski definition) is 5. The van der Waals surface area contributed by atoms with Crippen molar-refractivity contribution in [2.24, 2.45) is 11.7 Å². The van der Waals surface area contributed by atoms with Gasteiger partial charge >= 0.3 is 0 Å². The van der Waals surface area contributed by atoms with Crippen LogP contribution in [0.3, 0.4) is 0 Å². The molecule has 0 saturated carbocycles. The topological polar surface area (TPSA) is 116 Å². The average molecular weight is 245 g/mol. The van der Waals surface area contributed by atoms with E-state index in [9.17, 15) is 19.7 Å². The minimum Gasteiger partial charge on any atom is -0.368 e. The van der Waals surface area contributed by atoms with E-state index in [1.54, 1.807) is 6.92 Å². The predicted molar refractivity (Wildman–Crippen MR) is 56.0 cm³/mol. The summed E-state index contributed by atoms with van der Waals surface area (Å²) in [5, 5.41) is 9.14. The smallest absolute Gasteiger partial charge is 0.294 e. The summed E-state index contributed by atoms with van der Waals surface area (Å²) in [4.78, 5) is 38.4. The van der Waals surface area contributed by atoms with Gasteiger partial charge in [0.1, 0.15) is 12.6 Å². The molecule has 1 saturated heterocycles. The van der Waals surface area contributed by atoms with Gasteiger partial charge in [0.2, 0.25) is 11.8 Å². The highest BCUT2D eigenvalue weighted by Crippen LogP contribution is 2.21. The molecular formula is C9H15N3O5. The Morgan fingerprint density at radius 1 is 1.76 bits per heavy atom. The van der Waals surface area contributed by atoms with E-state index in [1.807, 2.05) is 0 Å². The van der Waals surface area contributed by atoms with Crippen molar-refractivity contribution in [3.8, 4) is 0 Å². The van der Waals surface area contributed by atoms with Crippen LogP contribution in [0.2, 0.25) is 0 Å². The molecule has 1 aliphatic heterocycles. The summed E-state index contributed by atoms with van der Waals surface area (Å²) in [6, 6.07) is -0.636. The third kappa shape index (κ3) is 3.30. The molecule has 2 amide bonds. The van der Waals surface area contributed by atoms with Crippen LogP contribution < -0.4 is 5.73 Å². The van der Waals surface area contributed by atoms with Gasteiger partial charge in [-0.15, -0.1) is 10.1 Å². The van der Waals surface area contributed by atoms with Crippen LogP contribution in [-0.4, -0.2) is 41.0 Å². The fraction of sp³-hybridized carbons (Fsp3) is 0.778. The summed E-state index contributed by atoms with van der Waals surface area (Å²) in [6.07, 6.45) is 0.585. The molecule has 96 valence electrons. The van der Waals surface area contributed by atoms with Crippen LogP contribution in [0.1, 0.15) is 19.8 Å². The van der Waals surface area contributed by atoms with Gasteiger partial charge in [-0.3, -0.25) is 9.59 Å². The number of hydrogen-bond donors (Lipinski definition) is 1. The predicted octanol–water partition coefficient (Wildman–Crippen LogP) is -0.693. The van der Waals surface area contributed by atoms with E-state index in [0.717, 1.165) is 0 Å². The first-order valence-electron chi connectivity index (χ1n) is 5.31. The highest BCUT2D eigenvalue weighted by atomic mass is 16.9. The monoisotopic (exact) mass is 245 g/mol. The SMILES string of the molecule is CC[C@@H](C(N)=O)N1C[C@H](CO[N+](=O)[O-])CC1=O. The third-order valence-corrected chi connectivity index (χ3v) is 2.75. The fourth-order valence-electron chi connectivity index (χ4n) is 1.96. The normalized spacial score (nSPS) is 21.4. The van der Waals surface area contributed by atoms with Crippen molar-refractivity contribution >= 4 is 11.8 Å². The molecular weight excluding hydrogens is 230 g/mol. The van der Waals surface area contributed by atoms with Crippen molar-refractivity contribution in [3.05, 3.63) is 10.1 Å². The zero-order chi connectivity index (χ0) is 13.0. The molecule has 1 rings (SSSR count). The quantitative estimate of drug-likeness (QED) is 0.491. The second kappa shape index (κ2) is 5.46. The van der Waals surface area contributed by atoms with Crippen molar-refractivity contribution in [1.29, 1.82) is 0 Å². The zero-order valence-electron chi connectivity index (χ0n) is 9.50. The second-order valence-electron chi connectivity index (χ2n) is 3.96. The first-order chi connectivity index (χ1) is 7.95. The zero-order valence-corrected chi connectivity index (χ0v) is 9.50. The molecule has 0 aromatic rings. The maximum absolute atomic E-state index is 11.6. The summed E-state index contributed by atoms with van der Waals surface area (Å²) in [5.74, 6) is -1.04. The Hall–Kier alpha value is -1.86. The van der Waals surface area contributed by atoms with Gasteiger partial charge in [-0.25, -0.2) is 0 Å². The minimum absolute atomic E-state index is 0.134. The Morgan fingerprint density at radius 3 is 2.88 bits per heavy atom. The van der Waals surface area contributed by atoms with E-state index in [1.165, 1.54) is 4.90 Å². The summed E-state index contributed by atoms with van der Waals surface area (Å²) in [5.41, 5.74) is 5.18. The van der Waals surface area contributed by atoms with Gasteiger partial charge in [-0.1, -0.05) is 6.92 Å². The molecule has 0 aromatic carbocycles. The van der Waals surface area contributed by atoms with Crippen LogP contribution in [0.4, 0.5) is 0 Å². The van der Waals surface area contributed by atoms with Crippen molar-refractivity contribution in [2.75, 3.05) is 13.2 Å². The molecule has 1 fully saturated rings. The van der Waals surface area contributed by atoms with Gasteiger partial charge in [0.15, 0.2) is 0 Å². The first kappa shape index (κ1) is 13.2. The maximum Gasteiger partial charge on any atom is 0.294 e. The molecule has 0 unspecified atom stereocenters. The number of carbonyl (C=O) groups is 2. The lowest BCUT2D eigenvalue weighted by Crippen LogP contribution is -2.45. The molecule has 0 spiro atoms. The van der Waals surface area contributed by atoms with Gasteiger partial charge in [0.25, 0.3) is 5.09 Å². The van der Waals surface area contributed by atoms with Crippen molar-refractivity contribution in [1.82, 2.24) is 4.90 Å². The van der Waals surface area contributed by atoms with Gasteiger partial charge in [-0.05, 0) is 6.42 Å². The van der Waals surface area contributed by atoms with Crippen LogP contribution in [-0.2, 0) is 14.4 Å². The molecule has 1 aliphatic rings. The van der Waals surface area contributed by atoms with Gasteiger partial charge in [0.05, 0.1) is 0 Å². The number of nitrogens with two attached hydrogens (primary N) is 1. The number of rotatable bonds is 6. The Kier molecular flexibility index (Phi) is 4.24. The molecule has 0 radical (unpaired) electrons. The lowest BCUT2D eigenvalue weighted by atomic mass is 10.1. The lowest BCUT2D eigenvalue weighted by molar-refractivity contribution is -0.759. The van der Waals surface area contributed by atoms with E-state index in [-0.39, 0.29) is 31.4 Å². The number of primary amides is 1. The molecule has 0 aliphatic carbocycles. The molecule has 17 heavy (non-hydrogen) atoms. The molecule has 0 aromatic heterocycles. The van der Waals surface area contributed by atoms with Crippen LogP contribution in [0.5, 0.6) is 0 Å². The van der Waals surface area contributed by atoms with Crippen LogP contribution in [0, 0.1) is 16.0 Å². The molecule has 1 heterocycles. The molecule has 2 atom stereocenters. The van der Waals surface area contributed by atoms with Crippen molar-refractivity contribution < 1.29 is 19.5 Å². The van der Waals surface area contributed by atoms with E-state index in [2.05, 4.69) is 4.84 Å². The van der Waals surface area contributed by atoms with Crippen molar-refractivity contribution in [3.63, 3.8) is 0 Å². The third-order valence-electron chi connectivity index (χ3n) is 2.75. The highest BCUT2D eigenvalue weighted by molar-refractivity contribution is 5.87. The number of carbonyl (C=O) groups excluding carboxylic acids is 2. The molecule has 8 heteroatoms. The lowest BCUT2D eigenvalue weighted by Gasteiger charge is -2.24.